The van der Waals surface area contributed by atoms with Gasteiger partial charge in [-0.25, -0.2) is 0 Å². The molecule has 2 unspecified atom stereocenters. The molecule has 0 saturated carbocycles. The second kappa shape index (κ2) is 6.35. The number of ether oxygens (including phenoxy) is 1. The fourth-order valence-electron chi connectivity index (χ4n) is 0.988. The van der Waals surface area contributed by atoms with Crippen LogP contribution in [0.3, 0.4) is 0 Å². The SMILES string of the molecule is CCC(C)(N)CCOC(C)CCN. The third kappa shape index (κ3) is 6.99. The Morgan fingerprint density at radius 2 is 2.08 bits per heavy atom. The van der Waals surface area contributed by atoms with Crippen LogP contribution in [0, 0.1) is 0 Å². The molecule has 0 rings (SSSR count). The summed E-state index contributed by atoms with van der Waals surface area (Å²) in [5.41, 5.74) is 11.3. The minimum absolute atomic E-state index is 0.0809. The Labute approximate surface area is 81.8 Å². The number of nitrogens with two attached hydrogens (primary N) is 2. The summed E-state index contributed by atoms with van der Waals surface area (Å²) in [5, 5.41) is 0. The van der Waals surface area contributed by atoms with Crippen LogP contribution in [0.4, 0.5) is 0 Å². The molecule has 0 aromatic carbocycles. The van der Waals surface area contributed by atoms with Crippen molar-refractivity contribution in [2.24, 2.45) is 11.5 Å². The van der Waals surface area contributed by atoms with Crippen molar-refractivity contribution in [3.8, 4) is 0 Å². The van der Waals surface area contributed by atoms with Crippen LogP contribution in [0.5, 0.6) is 0 Å². The highest BCUT2D eigenvalue weighted by molar-refractivity contribution is 4.75. The molecule has 0 radical (unpaired) electrons. The van der Waals surface area contributed by atoms with Gasteiger partial charge in [-0.3, -0.25) is 0 Å². The van der Waals surface area contributed by atoms with E-state index >= 15 is 0 Å². The summed E-state index contributed by atoms with van der Waals surface area (Å²) in [7, 11) is 0. The zero-order chi connectivity index (χ0) is 10.3. The van der Waals surface area contributed by atoms with Crippen LogP contribution in [0.25, 0.3) is 0 Å². The van der Waals surface area contributed by atoms with E-state index < -0.39 is 0 Å². The van der Waals surface area contributed by atoms with E-state index in [-0.39, 0.29) is 11.6 Å². The van der Waals surface area contributed by atoms with Gasteiger partial charge in [-0.05, 0) is 39.7 Å². The summed E-state index contributed by atoms with van der Waals surface area (Å²) >= 11 is 0. The molecule has 2 atom stereocenters. The van der Waals surface area contributed by atoms with Gasteiger partial charge in [0.05, 0.1) is 6.10 Å². The second-order valence-corrected chi connectivity index (χ2v) is 4.02. The van der Waals surface area contributed by atoms with Crippen LogP contribution in [-0.2, 0) is 4.74 Å². The first-order valence-electron chi connectivity index (χ1n) is 5.12. The molecule has 0 bridgehead atoms. The molecular formula is C10H24N2O. The Morgan fingerprint density at radius 1 is 1.46 bits per heavy atom. The van der Waals surface area contributed by atoms with Gasteiger partial charge in [-0.2, -0.15) is 0 Å². The minimum Gasteiger partial charge on any atom is -0.378 e. The number of hydrogen-bond acceptors (Lipinski definition) is 3. The first-order chi connectivity index (χ1) is 6.02. The fraction of sp³-hybridized carbons (Fsp3) is 1.00. The summed E-state index contributed by atoms with van der Waals surface area (Å²) < 4.78 is 5.56. The maximum Gasteiger partial charge on any atom is 0.0559 e. The smallest absolute Gasteiger partial charge is 0.0559 e. The molecule has 0 aliphatic heterocycles. The van der Waals surface area contributed by atoms with Gasteiger partial charge in [-0.1, -0.05) is 6.92 Å². The van der Waals surface area contributed by atoms with Gasteiger partial charge in [0, 0.05) is 12.1 Å². The van der Waals surface area contributed by atoms with Crippen molar-refractivity contribution in [3.63, 3.8) is 0 Å². The second-order valence-electron chi connectivity index (χ2n) is 4.02. The summed E-state index contributed by atoms with van der Waals surface area (Å²) in [6, 6.07) is 0. The molecule has 0 spiro atoms. The van der Waals surface area contributed by atoms with E-state index in [2.05, 4.69) is 13.8 Å². The van der Waals surface area contributed by atoms with Crippen LogP contribution in [0.1, 0.15) is 40.0 Å². The van der Waals surface area contributed by atoms with Crippen molar-refractivity contribution in [1.29, 1.82) is 0 Å². The Kier molecular flexibility index (Phi) is 6.29. The normalized spacial score (nSPS) is 18.2. The van der Waals surface area contributed by atoms with Gasteiger partial charge in [0.2, 0.25) is 0 Å². The molecule has 0 aromatic heterocycles. The Balaban J connectivity index is 3.44. The van der Waals surface area contributed by atoms with Crippen LogP contribution in [0.2, 0.25) is 0 Å². The average Bonchev–Trinajstić information content (AvgIpc) is 2.05. The van der Waals surface area contributed by atoms with Crippen LogP contribution >= 0.6 is 0 Å². The lowest BCUT2D eigenvalue weighted by Crippen LogP contribution is -2.36. The molecule has 13 heavy (non-hydrogen) atoms. The van der Waals surface area contributed by atoms with Crippen molar-refractivity contribution in [2.45, 2.75) is 51.7 Å². The summed E-state index contributed by atoms with van der Waals surface area (Å²) in [4.78, 5) is 0. The summed E-state index contributed by atoms with van der Waals surface area (Å²) in [6.45, 7) is 7.64. The van der Waals surface area contributed by atoms with Crippen molar-refractivity contribution in [3.05, 3.63) is 0 Å². The molecule has 0 saturated heterocycles. The van der Waals surface area contributed by atoms with E-state index in [4.69, 9.17) is 16.2 Å². The maximum absolute atomic E-state index is 5.97. The molecular weight excluding hydrogens is 164 g/mol. The van der Waals surface area contributed by atoms with Gasteiger partial charge >= 0.3 is 0 Å². The molecule has 0 fully saturated rings. The van der Waals surface area contributed by atoms with Crippen molar-refractivity contribution >= 4 is 0 Å². The molecule has 0 aliphatic carbocycles. The predicted molar refractivity (Wildman–Crippen MR) is 56.6 cm³/mol. The zero-order valence-corrected chi connectivity index (χ0v) is 9.18. The molecule has 4 N–H and O–H groups in total. The third-order valence-electron chi connectivity index (χ3n) is 2.46. The van der Waals surface area contributed by atoms with Gasteiger partial charge in [0.25, 0.3) is 0 Å². The summed E-state index contributed by atoms with van der Waals surface area (Å²) in [5.74, 6) is 0. The van der Waals surface area contributed by atoms with Crippen LogP contribution < -0.4 is 11.5 Å². The third-order valence-corrected chi connectivity index (χ3v) is 2.46. The standard InChI is InChI=1S/C10H24N2O/c1-4-10(3,12)6-8-13-9(2)5-7-11/h9H,4-8,11-12H2,1-3H3. The molecule has 0 aromatic rings. The lowest BCUT2D eigenvalue weighted by Gasteiger charge is -2.23. The van der Waals surface area contributed by atoms with E-state index in [1.807, 2.05) is 6.92 Å². The topological polar surface area (TPSA) is 61.3 Å². The molecule has 0 amide bonds. The van der Waals surface area contributed by atoms with E-state index in [1.165, 1.54) is 0 Å². The average molecular weight is 188 g/mol. The highest BCUT2D eigenvalue weighted by atomic mass is 16.5. The lowest BCUT2D eigenvalue weighted by molar-refractivity contribution is 0.0505. The Hall–Kier alpha value is -0.120. The van der Waals surface area contributed by atoms with E-state index in [0.717, 1.165) is 25.9 Å². The number of hydrogen-bond donors (Lipinski definition) is 2. The predicted octanol–water partition coefficient (Wildman–Crippen LogP) is 1.26. The Morgan fingerprint density at radius 3 is 2.54 bits per heavy atom. The molecule has 3 nitrogen and oxygen atoms in total. The lowest BCUT2D eigenvalue weighted by atomic mass is 9.97. The summed E-state index contributed by atoms with van der Waals surface area (Å²) in [6.07, 6.45) is 3.09. The zero-order valence-electron chi connectivity index (χ0n) is 9.18. The van der Waals surface area contributed by atoms with E-state index in [9.17, 15) is 0 Å². The first kappa shape index (κ1) is 12.9. The Bertz CT molecular complexity index is 126. The van der Waals surface area contributed by atoms with E-state index in [0.29, 0.717) is 6.54 Å². The monoisotopic (exact) mass is 188 g/mol. The highest BCUT2D eigenvalue weighted by Crippen LogP contribution is 2.10. The van der Waals surface area contributed by atoms with Gasteiger partial charge in [0.15, 0.2) is 0 Å². The van der Waals surface area contributed by atoms with Gasteiger partial charge in [-0.15, -0.1) is 0 Å². The molecule has 3 heteroatoms. The maximum atomic E-state index is 5.97. The molecule has 80 valence electrons. The number of rotatable bonds is 7. The van der Waals surface area contributed by atoms with Crippen molar-refractivity contribution in [1.82, 2.24) is 0 Å². The minimum atomic E-state index is -0.0809. The van der Waals surface area contributed by atoms with Gasteiger partial charge in [0.1, 0.15) is 0 Å². The van der Waals surface area contributed by atoms with Gasteiger partial charge < -0.3 is 16.2 Å². The van der Waals surface area contributed by atoms with Crippen molar-refractivity contribution in [2.75, 3.05) is 13.2 Å². The van der Waals surface area contributed by atoms with Crippen LogP contribution in [-0.4, -0.2) is 24.8 Å². The molecule has 0 heterocycles. The van der Waals surface area contributed by atoms with Crippen molar-refractivity contribution < 1.29 is 4.74 Å². The largest absolute Gasteiger partial charge is 0.378 e. The van der Waals surface area contributed by atoms with Crippen LogP contribution in [0.15, 0.2) is 0 Å². The molecule has 0 aliphatic rings. The first-order valence-corrected chi connectivity index (χ1v) is 5.12. The fourth-order valence-corrected chi connectivity index (χ4v) is 0.988. The van der Waals surface area contributed by atoms with E-state index in [1.54, 1.807) is 0 Å². The highest BCUT2D eigenvalue weighted by Gasteiger charge is 2.15. The quantitative estimate of drug-likeness (QED) is 0.632.